The highest BCUT2D eigenvalue weighted by molar-refractivity contribution is 7.81. The molecule has 1 N–H and O–H groups in total. The second kappa shape index (κ2) is 10.7. The van der Waals surface area contributed by atoms with Crippen LogP contribution in [0.4, 0.5) is 0 Å². The number of unbranched alkanes of at least 4 members (excludes halogenated alkanes) is 2. The maximum Gasteiger partial charge on any atom is 0.399 e. The van der Waals surface area contributed by atoms with Crippen molar-refractivity contribution in [2.24, 2.45) is 0 Å². The van der Waals surface area contributed by atoms with Crippen LogP contribution in [0, 0.1) is 0 Å². The highest BCUT2D eigenvalue weighted by Gasteiger charge is 2.18. The summed E-state index contributed by atoms with van der Waals surface area (Å²) in [5.41, 5.74) is 0. The maximum absolute atomic E-state index is 11.1. The average Bonchev–Trinajstić information content (AvgIpc) is 2.33. The van der Waals surface area contributed by atoms with Gasteiger partial charge >= 0.3 is 10.4 Å². The van der Waals surface area contributed by atoms with Crippen molar-refractivity contribution in [1.29, 1.82) is 0 Å². The van der Waals surface area contributed by atoms with Gasteiger partial charge in [0.25, 0.3) is 0 Å². The molecule has 0 aliphatic heterocycles. The normalized spacial score (nSPS) is 13.7. The zero-order valence-electron chi connectivity index (χ0n) is 11.1. The molecule has 0 saturated heterocycles. The molecule has 0 aromatic rings. The predicted molar refractivity (Wildman–Crippen MR) is 67.5 cm³/mol. The molecule has 0 fully saturated rings. The lowest BCUT2D eigenvalue weighted by Crippen LogP contribution is -2.22. The van der Waals surface area contributed by atoms with Crippen molar-refractivity contribution in [3.63, 3.8) is 0 Å². The van der Waals surface area contributed by atoms with Crippen LogP contribution in [0.15, 0.2) is 0 Å². The van der Waals surface area contributed by atoms with E-state index < -0.39 is 16.5 Å². The van der Waals surface area contributed by atoms with E-state index in [2.05, 4.69) is 11.1 Å². The molecule has 0 aromatic heterocycles. The molecule has 0 aromatic carbocycles. The van der Waals surface area contributed by atoms with Gasteiger partial charge in [0.1, 0.15) is 0 Å². The van der Waals surface area contributed by atoms with Crippen LogP contribution >= 0.6 is 0 Å². The Balaban J connectivity index is 3.83. The van der Waals surface area contributed by atoms with Crippen molar-refractivity contribution in [3.05, 3.63) is 0 Å². The molecule has 0 aliphatic carbocycles. The van der Waals surface area contributed by atoms with Crippen LogP contribution in [-0.4, -0.2) is 46.6 Å². The molecular formula is C11H24O6S. The summed E-state index contributed by atoms with van der Waals surface area (Å²) in [5.74, 6) is 0. The topological polar surface area (TPSA) is 82.1 Å². The molecule has 0 aliphatic rings. The largest absolute Gasteiger partial charge is 0.399 e. The summed E-state index contributed by atoms with van der Waals surface area (Å²) in [6.45, 7) is 3.05. The molecule has 18 heavy (non-hydrogen) atoms. The summed E-state index contributed by atoms with van der Waals surface area (Å²) in [7, 11) is -2.92. The first-order valence-electron chi connectivity index (χ1n) is 6.23. The van der Waals surface area contributed by atoms with Crippen molar-refractivity contribution >= 4 is 10.4 Å². The summed E-state index contributed by atoms with van der Waals surface area (Å²) >= 11 is 0. The van der Waals surface area contributed by atoms with Gasteiger partial charge in [0.05, 0.1) is 13.2 Å². The molecule has 0 amide bonds. The van der Waals surface area contributed by atoms with Gasteiger partial charge < -0.3 is 9.84 Å². The van der Waals surface area contributed by atoms with Gasteiger partial charge in [0.2, 0.25) is 0 Å². The number of ether oxygens (including phenoxy) is 1. The van der Waals surface area contributed by atoms with Crippen molar-refractivity contribution in [3.8, 4) is 0 Å². The first-order valence-corrected chi connectivity index (χ1v) is 7.56. The Kier molecular flexibility index (Phi) is 10.6. The quantitative estimate of drug-likeness (QED) is 0.543. The van der Waals surface area contributed by atoms with Crippen LogP contribution in [-0.2, 0) is 23.5 Å². The van der Waals surface area contributed by atoms with Gasteiger partial charge in [-0.2, -0.15) is 8.42 Å². The van der Waals surface area contributed by atoms with Gasteiger partial charge in [-0.1, -0.05) is 19.8 Å². The minimum Gasteiger partial charge on any atom is -0.396 e. The van der Waals surface area contributed by atoms with E-state index in [4.69, 9.17) is 14.0 Å². The van der Waals surface area contributed by atoms with Crippen LogP contribution in [0.1, 0.15) is 39.0 Å². The van der Waals surface area contributed by atoms with Crippen LogP contribution in [0.5, 0.6) is 0 Å². The third-order valence-electron chi connectivity index (χ3n) is 2.39. The molecule has 0 bridgehead atoms. The number of rotatable bonds is 12. The number of aliphatic hydroxyl groups is 1. The zero-order valence-corrected chi connectivity index (χ0v) is 11.9. The fourth-order valence-corrected chi connectivity index (χ4v) is 1.97. The fraction of sp³-hybridized carbons (Fsp3) is 1.00. The second-order valence-corrected chi connectivity index (χ2v) is 5.26. The molecule has 0 rings (SSSR count). The third-order valence-corrected chi connectivity index (χ3v) is 3.30. The number of aliphatic hydroxyl groups excluding tert-OH is 1. The fourth-order valence-electron chi connectivity index (χ4n) is 1.36. The molecule has 0 spiro atoms. The van der Waals surface area contributed by atoms with Gasteiger partial charge in [0.15, 0.2) is 0 Å². The van der Waals surface area contributed by atoms with Crippen molar-refractivity contribution in [1.82, 2.24) is 0 Å². The Hall–Kier alpha value is -0.210. The highest BCUT2D eigenvalue weighted by Crippen LogP contribution is 2.09. The Morgan fingerprint density at radius 3 is 2.44 bits per heavy atom. The summed E-state index contributed by atoms with van der Waals surface area (Å²) in [6, 6.07) is 0. The second-order valence-electron chi connectivity index (χ2n) is 3.91. The van der Waals surface area contributed by atoms with E-state index in [1.54, 1.807) is 0 Å². The summed E-state index contributed by atoms with van der Waals surface area (Å²) in [4.78, 5) is 0. The van der Waals surface area contributed by atoms with E-state index in [0.717, 1.165) is 26.4 Å². The lowest BCUT2D eigenvalue weighted by Gasteiger charge is -2.15. The smallest absolute Gasteiger partial charge is 0.396 e. The molecular weight excluding hydrogens is 260 g/mol. The lowest BCUT2D eigenvalue weighted by atomic mass is 10.2. The Morgan fingerprint density at radius 2 is 1.89 bits per heavy atom. The SMILES string of the molecule is CCCCCOCCC(CCO)OS(=O)(=O)OC. The van der Waals surface area contributed by atoms with E-state index in [0.29, 0.717) is 19.6 Å². The van der Waals surface area contributed by atoms with Crippen LogP contribution in [0.2, 0.25) is 0 Å². The van der Waals surface area contributed by atoms with Crippen LogP contribution in [0.25, 0.3) is 0 Å². The first-order chi connectivity index (χ1) is 8.55. The monoisotopic (exact) mass is 284 g/mol. The zero-order chi connectivity index (χ0) is 13.9. The van der Waals surface area contributed by atoms with E-state index in [-0.39, 0.29) is 13.0 Å². The molecule has 0 heterocycles. The van der Waals surface area contributed by atoms with E-state index in [9.17, 15) is 8.42 Å². The maximum atomic E-state index is 11.1. The minimum absolute atomic E-state index is 0.139. The number of hydrogen-bond donors (Lipinski definition) is 1. The molecule has 6 nitrogen and oxygen atoms in total. The van der Waals surface area contributed by atoms with Crippen molar-refractivity contribution < 1.29 is 26.6 Å². The van der Waals surface area contributed by atoms with E-state index in [1.807, 2.05) is 0 Å². The Bertz CT molecular complexity index is 277. The summed E-state index contributed by atoms with van der Waals surface area (Å²) in [5, 5.41) is 8.82. The summed E-state index contributed by atoms with van der Waals surface area (Å²) in [6.07, 6.45) is 3.29. The standard InChI is InChI=1S/C11H24O6S/c1-3-4-5-9-16-10-7-11(6-8-12)17-18(13,14)15-2/h11-12H,3-10H2,1-2H3. The lowest BCUT2D eigenvalue weighted by molar-refractivity contribution is 0.0736. The van der Waals surface area contributed by atoms with Gasteiger partial charge in [-0.3, -0.25) is 4.18 Å². The molecule has 1 unspecified atom stereocenters. The van der Waals surface area contributed by atoms with Gasteiger partial charge in [-0.05, 0) is 19.3 Å². The van der Waals surface area contributed by atoms with Gasteiger partial charge in [0, 0.05) is 19.8 Å². The van der Waals surface area contributed by atoms with Crippen LogP contribution in [0.3, 0.4) is 0 Å². The molecule has 0 radical (unpaired) electrons. The molecule has 1 atom stereocenters. The minimum atomic E-state index is -3.96. The van der Waals surface area contributed by atoms with Crippen molar-refractivity contribution in [2.45, 2.75) is 45.1 Å². The summed E-state index contributed by atoms with van der Waals surface area (Å²) < 4.78 is 36.5. The van der Waals surface area contributed by atoms with Gasteiger partial charge in [-0.15, -0.1) is 0 Å². The molecule has 110 valence electrons. The molecule has 7 heteroatoms. The Morgan fingerprint density at radius 1 is 1.17 bits per heavy atom. The average molecular weight is 284 g/mol. The highest BCUT2D eigenvalue weighted by atomic mass is 32.3. The van der Waals surface area contributed by atoms with E-state index >= 15 is 0 Å². The van der Waals surface area contributed by atoms with Crippen molar-refractivity contribution in [2.75, 3.05) is 26.9 Å². The number of hydrogen-bond acceptors (Lipinski definition) is 6. The van der Waals surface area contributed by atoms with Crippen LogP contribution < -0.4 is 0 Å². The molecule has 0 saturated carbocycles. The van der Waals surface area contributed by atoms with E-state index in [1.165, 1.54) is 0 Å². The predicted octanol–water partition coefficient (Wildman–Crippen LogP) is 1.24. The third kappa shape index (κ3) is 9.78. The Labute approximate surface area is 110 Å². The first kappa shape index (κ1) is 17.8. The van der Waals surface area contributed by atoms with Gasteiger partial charge in [-0.25, -0.2) is 4.18 Å².